The molecule has 0 fully saturated rings. The second kappa shape index (κ2) is 7.29. The van der Waals surface area contributed by atoms with Gasteiger partial charge in [-0.05, 0) is 30.0 Å². The number of aliphatic hydroxyl groups excluding tert-OH is 1. The maximum absolute atomic E-state index is 11.8. The smallest absolute Gasteiger partial charge is 0.243 e. The van der Waals surface area contributed by atoms with Crippen molar-refractivity contribution in [3.8, 4) is 0 Å². The average molecular weight is 323 g/mol. The van der Waals surface area contributed by atoms with Crippen molar-refractivity contribution >= 4 is 22.5 Å². The number of aryl methyl sites for hydroxylation is 2. The largest absolute Gasteiger partial charge is 0.394 e. The molecule has 0 saturated carbocycles. The lowest BCUT2D eigenvalue weighted by molar-refractivity contribution is -0.118. The molecule has 0 radical (unpaired) electrons. The Kier molecular flexibility index (Phi) is 4.93. The predicted octanol–water partition coefficient (Wildman–Crippen LogP) is 2.21. The van der Waals surface area contributed by atoms with E-state index in [-0.39, 0.29) is 6.61 Å². The number of carbonyl (C=O) groups is 1. The Balaban J connectivity index is 1.72. The van der Waals surface area contributed by atoms with E-state index in [1.807, 2.05) is 12.1 Å². The van der Waals surface area contributed by atoms with E-state index in [4.69, 9.17) is 10.8 Å². The molecule has 1 unspecified atom stereocenters. The van der Waals surface area contributed by atoms with Crippen LogP contribution in [-0.4, -0.2) is 28.6 Å². The van der Waals surface area contributed by atoms with Gasteiger partial charge in [-0.3, -0.25) is 4.79 Å². The summed E-state index contributed by atoms with van der Waals surface area (Å²) in [7, 11) is 0. The molecule has 3 aromatic rings. The molecular weight excluding hydrogens is 302 g/mol. The van der Waals surface area contributed by atoms with Gasteiger partial charge in [-0.1, -0.05) is 42.5 Å². The van der Waals surface area contributed by atoms with Gasteiger partial charge in [0.15, 0.2) is 0 Å². The van der Waals surface area contributed by atoms with Gasteiger partial charge in [0, 0.05) is 17.1 Å². The zero-order chi connectivity index (χ0) is 16.9. The van der Waals surface area contributed by atoms with E-state index in [2.05, 4.69) is 46.7 Å². The normalized spacial score (nSPS) is 12.2. The summed E-state index contributed by atoms with van der Waals surface area (Å²) in [6.07, 6.45) is 3.69. The van der Waals surface area contributed by atoms with E-state index < -0.39 is 11.9 Å². The molecule has 124 valence electrons. The van der Waals surface area contributed by atoms with Crippen molar-refractivity contribution in [2.75, 3.05) is 11.9 Å². The summed E-state index contributed by atoms with van der Waals surface area (Å²) in [5.41, 5.74) is 9.71. The molecule has 1 amide bonds. The maximum atomic E-state index is 11.8. The van der Waals surface area contributed by atoms with Crippen LogP contribution in [0.15, 0.2) is 54.7 Å². The Morgan fingerprint density at radius 3 is 2.62 bits per heavy atom. The first-order chi connectivity index (χ1) is 11.7. The quantitative estimate of drug-likeness (QED) is 0.560. The standard InChI is InChI=1S/C19H21N3O2/c20-16(12-23)19(24)22-18-11-21-17-10-14(8-9-15(17)18)7-6-13-4-2-1-3-5-13/h1-5,8-11,16,21,23H,6-7,12,20H2,(H,22,24). The Bertz CT molecular complexity index is 827. The summed E-state index contributed by atoms with van der Waals surface area (Å²) in [6, 6.07) is 15.6. The van der Waals surface area contributed by atoms with Gasteiger partial charge in [0.25, 0.3) is 0 Å². The first-order valence-electron chi connectivity index (χ1n) is 7.98. The second-order valence-corrected chi connectivity index (χ2v) is 5.85. The molecule has 1 aromatic heterocycles. The van der Waals surface area contributed by atoms with Crippen molar-refractivity contribution < 1.29 is 9.90 Å². The molecule has 0 bridgehead atoms. The molecule has 0 spiro atoms. The summed E-state index contributed by atoms with van der Waals surface area (Å²) in [5, 5.41) is 12.6. The summed E-state index contributed by atoms with van der Waals surface area (Å²) >= 11 is 0. The fraction of sp³-hybridized carbons (Fsp3) is 0.211. The monoisotopic (exact) mass is 323 g/mol. The molecule has 0 aliphatic heterocycles. The Morgan fingerprint density at radius 1 is 1.12 bits per heavy atom. The highest BCUT2D eigenvalue weighted by Crippen LogP contribution is 2.24. The van der Waals surface area contributed by atoms with Crippen LogP contribution < -0.4 is 11.1 Å². The molecule has 2 aromatic carbocycles. The fourth-order valence-electron chi connectivity index (χ4n) is 2.67. The van der Waals surface area contributed by atoms with Gasteiger partial charge in [0.1, 0.15) is 6.04 Å². The average Bonchev–Trinajstić information content (AvgIpc) is 3.02. The first-order valence-corrected chi connectivity index (χ1v) is 7.98. The number of hydrogen-bond donors (Lipinski definition) is 4. The number of nitrogens with two attached hydrogens (primary N) is 1. The first kappa shape index (κ1) is 16.2. The molecule has 24 heavy (non-hydrogen) atoms. The zero-order valence-corrected chi connectivity index (χ0v) is 13.3. The van der Waals surface area contributed by atoms with Gasteiger partial charge in [-0.25, -0.2) is 0 Å². The number of nitrogens with one attached hydrogen (secondary N) is 2. The number of H-pyrrole nitrogens is 1. The number of rotatable bonds is 6. The van der Waals surface area contributed by atoms with Crippen molar-refractivity contribution in [2.24, 2.45) is 5.73 Å². The zero-order valence-electron chi connectivity index (χ0n) is 13.3. The van der Waals surface area contributed by atoms with Crippen molar-refractivity contribution in [3.63, 3.8) is 0 Å². The maximum Gasteiger partial charge on any atom is 0.243 e. The van der Waals surface area contributed by atoms with E-state index in [1.54, 1.807) is 6.20 Å². The Morgan fingerprint density at radius 2 is 1.88 bits per heavy atom. The molecule has 1 atom stereocenters. The summed E-state index contributed by atoms with van der Waals surface area (Å²) in [5.74, 6) is -0.397. The van der Waals surface area contributed by atoms with Crippen LogP contribution in [-0.2, 0) is 17.6 Å². The van der Waals surface area contributed by atoms with E-state index in [0.717, 1.165) is 23.7 Å². The Labute approximate surface area is 140 Å². The highest BCUT2D eigenvalue weighted by Gasteiger charge is 2.14. The second-order valence-electron chi connectivity index (χ2n) is 5.85. The number of aromatic nitrogens is 1. The predicted molar refractivity (Wildman–Crippen MR) is 95.8 cm³/mol. The van der Waals surface area contributed by atoms with Crippen LogP contribution in [0.1, 0.15) is 11.1 Å². The van der Waals surface area contributed by atoms with Crippen LogP contribution in [0.4, 0.5) is 5.69 Å². The topological polar surface area (TPSA) is 91.1 Å². The van der Waals surface area contributed by atoms with Crippen LogP contribution >= 0.6 is 0 Å². The van der Waals surface area contributed by atoms with E-state index in [0.29, 0.717) is 5.69 Å². The molecule has 0 saturated heterocycles. The number of aromatic amines is 1. The van der Waals surface area contributed by atoms with E-state index in [1.165, 1.54) is 11.1 Å². The molecule has 0 aliphatic rings. The van der Waals surface area contributed by atoms with E-state index >= 15 is 0 Å². The van der Waals surface area contributed by atoms with Crippen LogP contribution in [0.3, 0.4) is 0 Å². The summed E-state index contributed by atoms with van der Waals surface area (Å²) in [6.45, 7) is -0.377. The van der Waals surface area contributed by atoms with Gasteiger partial charge in [-0.15, -0.1) is 0 Å². The summed E-state index contributed by atoms with van der Waals surface area (Å²) < 4.78 is 0. The van der Waals surface area contributed by atoms with Gasteiger partial charge < -0.3 is 21.1 Å². The van der Waals surface area contributed by atoms with E-state index in [9.17, 15) is 4.79 Å². The van der Waals surface area contributed by atoms with Crippen LogP contribution in [0.25, 0.3) is 10.9 Å². The molecule has 0 aliphatic carbocycles. The highest BCUT2D eigenvalue weighted by molar-refractivity contribution is 6.03. The van der Waals surface area contributed by atoms with Crippen molar-refractivity contribution in [2.45, 2.75) is 18.9 Å². The van der Waals surface area contributed by atoms with Crippen molar-refractivity contribution in [3.05, 3.63) is 65.9 Å². The molecule has 1 heterocycles. The fourth-order valence-corrected chi connectivity index (χ4v) is 2.67. The third kappa shape index (κ3) is 3.64. The number of hydrogen-bond acceptors (Lipinski definition) is 3. The van der Waals surface area contributed by atoms with Crippen molar-refractivity contribution in [1.82, 2.24) is 4.98 Å². The van der Waals surface area contributed by atoms with Gasteiger partial charge in [-0.2, -0.15) is 0 Å². The number of carbonyl (C=O) groups excluding carboxylic acids is 1. The highest BCUT2D eigenvalue weighted by atomic mass is 16.3. The molecule has 5 N–H and O–H groups in total. The third-order valence-corrected chi connectivity index (χ3v) is 4.08. The van der Waals surface area contributed by atoms with Crippen molar-refractivity contribution in [1.29, 1.82) is 0 Å². The van der Waals surface area contributed by atoms with Crippen LogP contribution in [0.5, 0.6) is 0 Å². The number of aliphatic hydroxyl groups is 1. The van der Waals surface area contributed by atoms with Gasteiger partial charge >= 0.3 is 0 Å². The molecule has 5 heteroatoms. The summed E-state index contributed by atoms with van der Waals surface area (Å²) in [4.78, 5) is 15.0. The molecular formula is C19H21N3O2. The SMILES string of the molecule is NC(CO)C(=O)Nc1c[nH]c2cc(CCc3ccccc3)ccc12. The minimum atomic E-state index is -0.917. The number of amides is 1. The molecule has 5 nitrogen and oxygen atoms in total. The minimum Gasteiger partial charge on any atom is -0.394 e. The van der Waals surface area contributed by atoms with Crippen LogP contribution in [0, 0.1) is 0 Å². The lowest BCUT2D eigenvalue weighted by atomic mass is 10.0. The lowest BCUT2D eigenvalue weighted by Gasteiger charge is -2.08. The Hall–Kier alpha value is -2.63. The van der Waals surface area contributed by atoms with Crippen LogP contribution in [0.2, 0.25) is 0 Å². The third-order valence-electron chi connectivity index (χ3n) is 4.08. The lowest BCUT2D eigenvalue weighted by Crippen LogP contribution is -2.38. The number of fused-ring (bicyclic) bond motifs is 1. The molecule has 3 rings (SSSR count). The number of benzene rings is 2. The van der Waals surface area contributed by atoms with Gasteiger partial charge in [0.05, 0.1) is 12.3 Å². The van der Waals surface area contributed by atoms with Gasteiger partial charge in [0.2, 0.25) is 5.91 Å². The number of anilines is 1. The minimum absolute atomic E-state index is 0.377.